The molecule has 31 heavy (non-hydrogen) atoms. The predicted octanol–water partition coefficient (Wildman–Crippen LogP) is 3.11. The highest BCUT2D eigenvalue weighted by Crippen LogP contribution is 2.28. The van der Waals surface area contributed by atoms with Crippen molar-refractivity contribution in [3.8, 4) is 0 Å². The Kier molecular flexibility index (Phi) is 6.78. The Labute approximate surface area is 190 Å². The van der Waals surface area contributed by atoms with E-state index in [1.54, 1.807) is 24.3 Å². The smallest absolute Gasteiger partial charge is 0.414 e. The van der Waals surface area contributed by atoms with E-state index in [1.807, 2.05) is 4.90 Å². The highest BCUT2D eigenvalue weighted by molar-refractivity contribution is 7.85. The Morgan fingerprint density at radius 3 is 2.74 bits per heavy atom. The van der Waals surface area contributed by atoms with Gasteiger partial charge in [0.25, 0.3) is 5.91 Å². The van der Waals surface area contributed by atoms with Crippen molar-refractivity contribution in [1.82, 2.24) is 5.32 Å². The van der Waals surface area contributed by atoms with Gasteiger partial charge in [-0.3, -0.25) is 13.9 Å². The van der Waals surface area contributed by atoms with Crippen molar-refractivity contribution in [3.63, 3.8) is 0 Å². The van der Waals surface area contributed by atoms with Crippen LogP contribution < -0.4 is 15.1 Å². The minimum absolute atomic E-state index is 0.142. The molecule has 1 atom stereocenters. The van der Waals surface area contributed by atoms with E-state index in [1.165, 1.54) is 22.3 Å². The van der Waals surface area contributed by atoms with Crippen LogP contribution in [-0.2, 0) is 15.5 Å². The fourth-order valence-electron chi connectivity index (χ4n) is 3.55. The molecule has 0 radical (unpaired) electrons. The number of halogens is 2. The van der Waals surface area contributed by atoms with Crippen LogP contribution in [0.25, 0.3) is 0 Å². The van der Waals surface area contributed by atoms with Gasteiger partial charge < -0.3 is 15.0 Å². The lowest BCUT2D eigenvalue weighted by Gasteiger charge is -2.33. The lowest BCUT2D eigenvalue weighted by Crippen LogP contribution is -2.47. The van der Waals surface area contributed by atoms with Crippen molar-refractivity contribution in [1.29, 1.82) is 0 Å². The van der Waals surface area contributed by atoms with Crippen LogP contribution in [0.5, 0.6) is 0 Å². The maximum Gasteiger partial charge on any atom is 0.414 e. The number of thiophene rings is 1. The van der Waals surface area contributed by atoms with Crippen molar-refractivity contribution in [2.75, 3.05) is 54.1 Å². The lowest BCUT2D eigenvalue weighted by molar-refractivity contribution is 0.0920. The predicted molar refractivity (Wildman–Crippen MR) is 120 cm³/mol. The molecule has 4 rings (SSSR count). The molecular formula is C20H21ClFN3O4S2. The van der Waals surface area contributed by atoms with Crippen LogP contribution in [0.3, 0.4) is 0 Å². The van der Waals surface area contributed by atoms with E-state index >= 15 is 0 Å². The quantitative estimate of drug-likeness (QED) is 0.704. The van der Waals surface area contributed by atoms with Crippen molar-refractivity contribution in [3.05, 3.63) is 45.4 Å². The van der Waals surface area contributed by atoms with Gasteiger partial charge in [0.05, 0.1) is 27.2 Å². The molecule has 0 aliphatic carbocycles. The van der Waals surface area contributed by atoms with Gasteiger partial charge in [-0.25, -0.2) is 9.18 Å². The Bertz CT molecular complexity index is 1010. The number of hydrogen-bond acceptors (Lipinski definition) is 6. The van der Waals surface area contributed by atoms with Gasteiger partial charge in [-0.2, -0.15) is 0 Å². The average molecular weight is 486 g/mol. The Balaban J connectivity index is 1.40. The molecule has 0 bridgehead atoms. The standard InChI is InChI=1S/C20H21ClFN3O4S2/c21-18-4-3-17(30-18)19(26)23-10-13-11-25(20(27)29-12-13)14-1-2-16(15(22)9-14)24-5-7-31(28)8-6-24/h1-4,9,13H,5-8,10-12H2,(H,23,26)/t13-/m0/s1. The minimum atomic E-state index is -0.844. The summed E-state index contributed by atoms with van der Waals surface area (Å²) in [5.74, 6) is 0.216. The first-order chi connectivity index (χ1) is 14.9. The lowest BCUT2D eigenvalue weighted by atomic mass is 10.1. The van der Waals surface area contributed by atoms with E-state index in [0.717, 1.165) is 0 Å². The second kappa shape index (κ2) is 9.54. The third kappa shape index (κ3) is 5.19. The van der Waals surface area contributed by atoms with Crippen LogP contribution >= 0.6 is 22.9 Å². The SMILES string of the molecule is O=C(NC[C@@H]1COC(=O)N(c2ccc(N3CCS(=O)CC3)c(F)c2)C1)c1ccc(Cl)s1. The summed E-state index contributed by atoms with van der Waals surface area (Å²) < 4.78 is 32.1. The summed E-state index contributed by atoms with van der Waals surface area (Å²) >= 11 is 7.05. The Morgan fingerprint density at radius 1 is 1.29 bits per heavy atom. The average Bonchev–Trinajstić information content (AvgIpc) is 3.20. The molecule has 0 saturated carbocycles. The third-order valence-electron chi connectivity index (χ3n) is 5.21. The molecule has 2 saturated heterocycles. The van der Waals surface area contributed by atoms with Crippen LogP contribution in [0, 0.1) is 11.7 Å². The molecule has 2 aromatic rings. The van der Waals surface area contributed by atoms with Crippen LogP contribution in [-0.4, -0.2) is 60.5 Å². The zero-order chi connectivity index (χ0) is 22.0. The van der Waals surface area contributed by atoms with E-state index in [-0.39, 0.29) is 18.4 Å². The maximum atomic E-state index is 14.8. The summed E-state index contributed by atoms with van der Waals surface area (Å²) in [5.41, 5.74) is 0.831. The highest BCUT2D eigenvalue weighted by atomic mass is 35.5. The number of ether oxygens (including phenoxy) is 1. The zero-order valence-electron chi connectivity index (χ0n) is 16.5. The van der Waals surface area contributed by atoms with Gasteiger partial charge in [0.2, 0.25) is 0 Å². The first kappa shape index (κ1) is 22.0. The summed E-state index contributed by atoms with van der Waals surface area (Å²) in [7, 11) is -0.844. The molecule has 0 unspecified atom stereocenters. The number of benzene rings is 1. The largest absolute Gasteiger partial charge is 0.449 e. The van der Waals surface area contributed by atoms with E-state index in [4.69, 9.17) is 16.3 Å². The summed E-state index contributed by atoms with van der Waals surface area (Å²) in [5, 5.41) is 2.83. The number of cyclic esters (lactones) is 1. The summed E-state index contributed by atoms with van der Waals surface area (Å²) in [4.78, 5) is 28.2. The number of carbonyl (C=O) groups is 2. The first-order valence-corrected chi connectivity index (χ1v) is 12.5. The van der Waals surface area contributed by atoms with E-state index in [2.05, 4.69) is 5.32 Å². The molecule has 1 N–H and O–H groups in total. The molecule has 2 aliphatic heterocycles. The highest BCUT2D eigenvalue weighted by Gasteiger charge is 2.30. The molecule has 1 aromatic heterocycles. The Morgan fingerprint density at radius 2 is 2.06 bits per heavy atom. The molecule has 2 aliphatic rings. The van der Waals surface area contributed by atoms with Crippen LogP contribution in [0.1, 0.15) is 9.67 Å². The summed E-state index contributed by atoms with van der Waals surface area (Å²) in [6, 6.07) is 7.95. The normalized spacial score (nSPS) is 19.9. The van der Waals surface area contributed by atoms with Crippen LogP contribution in [0.4, 0.5) is 20.6 Å². The molecule has 2 fully saturated rings. The van der Waals surface area contributed by atoms with E-state index in [9.17, 15) is 18.2 Å². The number of carbonyl (C=O) groups excluding carboxylic acids is 2. The van der Waals surface area contributed by atoms with Crippen molar-refractivity contribution < 1.29 is 22.9 Å². The topological polar surface area (TPSA) is 79.0 Å². The fourth-order valence-corrected chi connectivity index (χ4v) is 5.56. The second-order valence-electron chi connectivity index (χ2n) is 7.34. The van der Waals surface area contributed by atoms with Crippen molar-refractivity contribution in [2.24, 2.45) is 5.92 Å². The van der Waals surface area contributed by atoms with Crippen molar-refractivity contribution in [2.45, 2.75) is 0 Å². The van der Waals surface area contributed by atoms with Crippen LogP contribution in [0.15, 0.2) is 30.3 Å². The van der Waals surface area contributed by atoms with Gasteiger partial charge in [-0.05, 0) is 30.3 Å². The number of nitrogens with zero attached hydrogens (tertiary/aromatic N) is 2. The van der Waals surface area contributed by atoms with Crippen molar-refractivity contribution >= 4 is 57.1 Å². The van der Waals surface area contributed by atoms with E-state index < -0.39 is 22.7 Å². The second-order valence-corrected chi connectivity index (χ2v) is 10.7. The number of amides is 2. The molecule has 1 aromatic carbocycles. The molecule has 0 spiro atoms. The van der Waals surface area contributed by atoms with E-state index in [0.29, 0.717) is 58.3 Å². The molecular weight excluding hydrogens is 465 g/mol. The van der Waals surface area contributed by atoms with Gasteiger partial charge >= 0.3 is 6.09 Å². The zero-order valence-corrected chi connectivity index (χ0v) is 18.9. The molecule has 166 valence electrons. The molecule has 3 heterocycles. The van der Waals surface area contributed by atoms with Gasteiger partial charge in [0.1, 0.15) is 5.82 Å². The molecule has 7 nitrogen and oxygen atoms in total. The summed E-state index contributed by atoms with van der Waals surface area (Å²) in [6.07, 6.45) is -0.548. The van der Waals surface area contributed by atoms with Gasteiger partial charge in [-0.1, -0.05) is 11.6 Å². The van der Waals surface area contributed by atoms with Gasteiger partial charge in [0.15, 0.2) is 0 Å². The number of anilines is 2. The summed E-state index contributed by atoms with van der Waals surface area (Å²) in [6.45, 7) is 1.85. The minimum Gasteiger partial charge on any atom is -0.449 e. The maximum absolute atomic E-state index is 14.8. The van der Waals surface area contributed by atoms with Gasteiger partial charge in [0, 0.05) is 54.4 Å². The number of nitrogens with one attached hydrogen (secondary N) is 1. The Hall–Kier alpha value is -2.17. The first-order valence-electron chi connectivity index (χ1n) is 9.78. The molecule has 2 amide bonds. The molecule has 11 heteroatoms. The fraction of sp³-hybridized carbons (Fsp3) is 0.400. The van der Waals surface area contributed by atoms with Crippen LogP contribution in [0.2, 0.25) is 4.34 Å². The number of rotatable bonds is 5. The van der Waals surface area contributed by atoms with Gasteiger partial charge in [-0.15, -0.1) is 11.3 Å². The third-order valence-corrected chi connectivity index (χ3v) is 7.72. The number of hydrogen-bond donors (Lipinski definition) is 1. The monoisotopic (exact) mass is 485 g/mol.